The SMILES string of the molecule is CCC1CCCCC1OCC(O)CNCC1CCC(=O)N1. The number of carbonyl (C=O) groups excluding carboxylic acids is 1. The predicted molar refractivity (Wildman–Crippen MR) is 82.0 cm³/mol. The largest absolute Gasteiger partial charge is 0.389 e. The first-order valence-electron chi connectivity index (χ1n) is 8.48. The van der Waals surface area contributed by atoms with Gasteiger partial charge in [0, 0.05) is 25.6 Å². The Kier molecular flexibility index (Phi) is 6.93. The topological polar surface area (TPSA) is 70.6 Å². The third-order valence-electron chi connectivity index (χ3n) is 4.72. The molecule has 4 unspecified atom stereocenters. The van der Waals surface area contributed by atoms with E-state index in [0.29, 0.717) is 31.6 Å². The molecule has 21 heavy (non-hydrogen) atoms. The van der Waals surface area contributed by atoms with Crippen LogP contribution in [0.1, 0.15) is 51.9 Å². The highest BCUT2D eigenvalue weighted by molar-refractivity contribution is 5.78. The maximum Gasteiger partial charge on any atom is 0.220 e. The van der Waals surface area contributed by atoms with Gasteiger partial charge in [-0.3, -0.25) is 4.79 Å². The van der Waals surface area contributed by atoms with Crippen molar-refractivity contribution in [1.29, 1.82) is 0 Å². The van der Waals surface area contributed by atoms with E-state index in [-0.39, 0.29) is 11.9 Å². The van der Waals surface area contributed by atoms with Crippen molar-refractivity contribution in [1.82, 2.24) is 10.6 Å². The zero-order valence-electron chi connectivity index (χ0n) is 13.1. The molecule has 0 aromatic heterocycles. The molecule has 0 bridgehead atoms. The first kappa shape index (κ1) is 16.7. The minimum absolute atomic E-state index is 0.133. The van der Waals surface area contributed by atoms with Crippen LogP contribution < -0.4 is 10.6 Å². The van der Waals surface area contributed by atoms with Crippen LogP contribution >= 0.6 is 0 Å². The molecule has 5 heteroatoms. The molecule has 1 amide bonds. The van der Waals surface area contributed by atoms with Gasteiger partial charge in [0.05, 0.1) is 18.8 Å². The summed E-state index contributed by atoms with van der Waals surface area (Å²) in [5, 5.41) is 16.1. The summed E-state index contributed by atoms with van der Waals surface area (Å²) >= 11 is 0. The van der Waals surface area contributed by atoms with E-state index in [0.717, 1.165) is 19.4 Å². The fraction of sp³-hybridized carbons (Fsp3) is 0.938. The van der Waals surface area contributed by atoms with Gasteiger partial charge in [0.25, 0.3) is 0 Å². The predicted octanol–water partition coefficient (Wildman–Crippen LogP) is 1.20. The number of amides is 1. The fourth-order valence-electron chi connectivity index (χ4n) is 3.41. The van der Waals surface area contributed by atoms with Gasteiger partial charge < -0.3 is 20.5 Å². The average molecular weight is 298 g/mol. The lowest BCUT2D eigenvalue weighted by Gasteiger charge is -2.31. The van der Waals surface area contributed by atoms with Crippen molar-refractivity contribution in [2.75, 3.05) is 19.7 Å². The number of rotatable bonds is 8. The summed E-state index contributed by atoms with van der Waals surface area (Å²) in [7, 11) is 0. The van der Waals surface area contributed by atoms with Gasteiger partial charge in [-0.05, 0) is 25.2 Å². The first-order valence-corrected chi connectivity index (χ1v) is 8.48. The lowest BCUT2D eigenvalue weighted by atomic mass is 9.85. The zero-order chi connectivity index (χ0) is 15.1. The molecule has 4 atom stereocenters. The Labute approximate surface area is 127 Å². The van der Waals surface area contributed by atoms with Crippen molar-refractivity contribution in [2.24, 2.45) is 5.92 Å². The Morgan fingerprint density at radius 2 is 2.19 bits per heavy atom. The lowest BCUT2D eigenvalue weighted by molar-refractivity contribution is -0.119. The smallest absolute Gasteiger partial charge is 0.220 e. The molecule has 2 aliphatic rings. The Bertz CT molecular complexity index is 325. The standard InChI is InChI=1S/C16H30N2O3/c1-2-12-5-3-4-6-15(12)21-11-14(19)10-17-9-13-7-8-16(20)18-13/h12-15,17,19H,2-11H2,1H3,(H,18,20). The Balaban J connectivity index is 1.56. The van der Waals surface area contributed by atoms with E-state index in [2.05, 4.69) is 17.6 Å². The van der Waals surface area contributed by atoms with Gasteiger partial charge in [-0.15, -0.1) is 0 Å². The van der Waals surface area contributed by atoms with Gasteiger partial charge in [0.1, 0.15) is 0 Å². The van der Waals surface area contributed by atoms with Crippen LogP contribution in [0.2, 0.25) is 0 Å². The Morgan fingerprint density at radius 3 is 2.90 bits per heavy atom. The van der Waals surface area contributed by atoms with Gasteiger partial charge in [-0.2, -0.15) is 0 Å². The fourth-order valence-corrected chi connectivity index (χ4v) is 3.41. The maximum absolute atomic E-state index is 11.1. The molecule has 2 fully saturated rings. The third kappa shape index (κ3) is 5.57. The van der Waals surface area contributed by atoms with Crippen molar-refractivity contribution in [3.05, 3.63) is 0 Å². The van der Waals surface area contributed by atoms with Crippen molar-refractivity contribution < 1.29 is 14.6 Å². The van der Waals surface area contributed by atoms with Crippen LogP contribution in [0.4, 0.5) is 0 Å². The molecule has 1 aliphatic carbocycles. The van der Waals surface area contributed by atoms with Crippen LogP contribution in [-0.4, -0.2) is 49.0 Å². The molecule has 1 saturated heterocycles. The van der Waals surface area contributed by atoms with E-state index in [4.69, 9.17) is 4.74 Å². The number of carbonyl (C=O) groups is 1. The van der Waals surface area contributed by atoms with E-state index in [9.17, 15) is 9.90 Å². The van der Waals surface area contributed by atoms with Gasteiger partial charge >= 0.3 is 0 Å². The molecular weight excluding hydrogens is 268 g/mol. The molecule has 2 rings (SSSR count). The minimum Gasteiger partial charge on any atom is -0.389 e. The van der Waals surface area contributed by atoms with Gasteiger partial charge in [0.2, 0.25) is 5.91 Å². The molecule has 0 radical (unpaired) electrons. The second-order valence-corrected chi connectivity index (χ2v) is 6.44. The number of ether oxygens (including phenoxy) is 1. The minimum atomic E-state index is -0.471. The number of hydrogen-bond acceptors (Lipinski definition) is 4. The molecule has 1 saturated carbocycles. The van der Waals surface area contributed by atoms with Crippen molar-refractivity contribution in [3.8, 4) is 0 Å². The average Bonchev–Trinajstić information content (AvgIpc) is 2.91. The van der Waals surface area contributed by atoms with Gasteiger partial charge in [-0.1, -0.05) is 26.2 Å². The van der Waals surface area contributed by atoms with Crippen LogP contribution in [0.3, 0.4) is 0 Å². The van der Waals surface area contributed by atoms with Gasteiger partial charge in [-0.25, -0.2) is 0 Å². The molecule has 0 aromatic rings. The van der Waals surface area contributed by atoms with Crippen LogP contribution in [0.5, 0.6) is 0 Å². The van der Waals surface area contributed by atoms with Crippen molar-refractivity contribution >= 4 is 5.91 Å². The number of nitrogens with one attached hydrogen (secondary N) is 2. The van der Waals surface area contributed by atoms with E-state index in [1.807, 2.05) is 0 Å². The second kappa shape index (κ2) is 8.71. The molecular formula is C16H30N2O3. The van der Waals surface area contributed by atoms with Crippen LogP contribution in [0.15, 0.2) is 0 Å². The lowest BCUT2D eigenvalue weighted by Crippen LogP contribution is -2.40. The summed E-state index contributed by atoms with van der Waals surface area (Å²) in [6.45, 7) is 3.88. The number of aliphatic hydroxyl groups is 1. The van der Waals surface area contributed by atoms with E-state index in [1.54, 1.807) is 0 Å². The van der Waals surface area contributed by atoms with E-state index < -0.39 is 6.10 Å². The summed E-state index contributed by atoms with van der Waals surface area (Å²) in [6, 6.07) is 0.216. The number of aliphatic hydroxyl groups excluding tert-OH is 1. The summed E-state index contributed by atoms with van der Waals surface area (Å²) in [4.78, 5) is 11.1. The normalized spacial score (nSPS) is 31.1. The second-order valence-electron chi connectivity index (χ2n) is 6.44. The highest BCUT2D eigenvalue weighted by Crippen LogP contribution is 2.29. The first-order chi connectivity index (χ1) is 10.2. The molecule has 3 N–H and O–H groups in total. The Morgan fingerprint density at radius 1 is 1.38 bits per heavy atom. The molecule has 5 nitrogen and oxygen atoms in total. The summed E-state index contributed by atoms with van der Waals surface area (Å²) < 4.78 is 5.93. The highest BCUT2D eigenvalue weighted by Gasteiger charge is 2.25. The summed E-state index contributed by atoms with van der Waals surface area (Å²) in [6.07, 6.45) is 7.49. The van der Waals surface area contributed by atoms with Crippen LogP contribution in [0, 0.1) is 5.92 Å². The molecule has 0 aromatic carbocycles. The zero-order valence-corrected chi connectivity index (χ0v) is 13.1. The number of hydrogen-bond donors (Lipinski definition) is 3. The summed E-state index contributed by atoms with van der Waals surface area (Å²) in [5.41, 5.74) is 0. The van der Waals surface area contributed by atoms with Crippen LogP contribution in [-0.2, 0) is 9.53 Å². The molecule has 0 spiro atoms. The van der Waals surface area contributed by atoms with Crippen molar-refractivity contribution in [2.45, 2.75) is 70.1 Å². The summed E-state index contributed by atoms with van der Waals surface area (Å²) in [5.74, 6) is 0.793. The molecule has 1 heterocycles. The van der Waals surface area contributed by atoms with E-state index >= 15 is 0 Å². The van der Waals surface area contributed by atoms with Crippen LogP contribution in [0.25, 0.3) is 0 Å². The highest BCUT2D eigenvalue weighted by atomic mass is 16.5. The molecule has 1 aliphatic heterocycles. The quantitative estimate of drug-likeness (QED) is 0.630. The third-order valence-corrected chi connectivity index (χ3v) is 4.72. The Hall–Kier alpha value is -0.650. The van der Waals surface area contributed by atoms with E-state index in [1.165, 1.54) is 25.7 Å². The van der Waals surface area contributed by atoms with Crippen molar-refractivity contribution in [3.63, 3.8) is 0 Å². The monoisotopic (exact) mass is 298 g/mol. The maximum atomic E-state index is 11.1. The molecule has 122 valence electrons. The van der Waals surface area contributed by atoms with Gasteiger partial charge in [0.15, 0.2) is 0 Å².